The standard InChI is InChI=1S/C17H21N5/c1-4-15-12(3)17(22-20-15)18-9-14-10-19-21-16(14)13-7-5-6-11(2)8-13/h5-8,10H,4,9H2,1-3H3,(H,19,21)(H2,18,20,22). The fraction of sp³-hybridized carbons (Fsp3) is 0.294. The fourth-order valence-corrected chi connectivity index (χ4v) is 2.62. The van der Waals surface area contributed by atoms with Gasteiger partial charge < -0.3 is 5.32 Å². The summed E-state index contributed by atoms with van der Waals surface area (Å²) >= 11 is 0. The molecular weight excluding hydrogens is 274 g/mol. The molecule has 0 radical (unpaired) electrons. The van der Waals surface area contributed by atoms with Crippen molar-refractivity contribution in [2.45, 2.75) is 33.7 Å². The Hall–Kier alpha value is -2.56. The third-order valence-corrected chi connectivity index (χ3v) is 3.93. The molecule has 0 aliphatic carbocycles. The summed E-state index contributed by atoms with van der Waals surface area (Å²) < 4.78 is 0. The quantitative estimate of drug-likeness (QED) is 0.673. The first-order valence-electron chi connectivity index (χ1n) is 7.56. The second kappa shape index (κ2) is 6.05. The Morgan fingerprint density at radius 1 is 1.18 bits per heavy atom. The summed E-state index contributed by atoms with van der Waals surface area (Å²) in [5, 5.41) is 18.1. The zero-order valence-electron chi connectivity index (χ0n) is 13.2. The van der Waals surface area contributed by atoms with Crippen LogP contribution in [0.3, 0.4) is 0 Å². The molecule has 3 N–H and O–H groups in total. The molecule has 0 fully saturated rings. The van der Waals surface area contributed by atoms with Gasteiger partial charge in [0.2, 0.25) is 0 Å². The summed E-state index contributed by atoms with van der Waals surface area (Å²) in [4.78, 5) is 0. The number of aromatic amines is 2. The molecule has 0 aliphatic heterocycles. The van der Waals surface area contributed by atoms with E-state index in [2.05, 4.69) is 70.7 Å². The summed E-state index contributed by atoms with van der Waals surface area (Å²) in [7, 11) is 0. The Balaban J connectivity index is 1.79. The van der Waals surface area contributed by atoms with Crippen LogP contribution < -0.4 is 5.32 Å². The molecule has 0 atom stereocenters. The lowest BCUT2D eigenvalue weighted by molar-refractivity contribution is 0.965. The second-order valence-electron chi connectivity index (χ2n) is 5.52. The van der Waals surface area contributed by atoms with E-state index in [0.29, 0.717) is 6.54 Å². The molecule has 0 bridgehead atoms. The third kappa shape index (κ3) is 2.74. The SMILES string of the molecule is CCc1[nH]nc(NCc2cn[nH]c2-c2cccc(C)c2)c1C. The normalized spacial score (nSPS) is 10.9. The maximum atomic E-state index is 4.34. The molecule has 0 amide bonds. The molecule has 0 aliphatic rings. The van der Waals surface area contributed by atoms with E-state index in [9.17, 15) is 0 Å². The minimum Gasteiger partial charge on any atom is -0.364 e. The number of nitrogens with zero attached hydrogens (tertiary/aromatic N) is 2. The predicted octanol–water partition coefficient (Wildman–Crippen LogP) is 3.59. The first kappa shape index (κ1) is 14.4. The molecule has 114 valence electrons. The molecular formula is C17H21N5. The van der Waals surface area contributed by atoms with Crippen molar-refractivity contribution in [3.05, 3.63) is 52.8 Å². The topological polar surface area (TPSA) is 69.4 Å². The van der Waals surface area contributed by atoms with E-state index in [4.69, 9.17) is 0 Å². The molecule has 3 aromatic rings. The average molecular weight is 295 g/mol. The van der Waals surface area contributed by atoms with Gasteiger partial charge >= 0.3 is 0 Å². The highest BCUT2D eigenvalue weighted by atomic mass is 15.2. The maximum absolute atomic E-state index is 4.34. The number of hydrogen-bond acceptors (Lipinski definition) is 3. The highest BCUT2D eigenvalue weighted by molar-refractivity contribution is 5.64. The summed E-state index contributed by atoms with van der Waals surface area (Å²) in [6.45, 7) is 6.99. The van der Waals surface area contributed by atoms with Crippen molar-refractivity contribution in [2.75, 3.05) is 5.32 Å². The van der Waals surface area contributed by atoms with Crippen molar-refractivity contribution >= 4 is 5.82 Å². The molecule has 1 aromatic carbocycles. The minimum absolute atomic E-state index is 0.689. The van der Waals surface area contributed by atoms with Crippen LogP contribution in [0, 0.1) is 13.8 Å². The molecule has 5 nitrogen and oxygen atoms in total. The van der Waals surface area contributed by atoms with E-state index in [-0.39, 0.29) is 0 Å². The van der Waals surface area contributed by atoms with Gasteiger partial charge in [-0.3, -0.25) is 10.2 Å². The van der Waals surface area contributed by atoms with E-state index in [1.165, 1.54) is 16.8 Å². The molecule has 22 heavy (non-hydrogen) atoms. The number of aryl methyl sites for hydroxylation is 2. The van der Waals surface area contributed by atoms with Gasteiger partial charge in [0, 0.05) is 28.9 Å². The van der Waals surface area contributed by atoms with Crippen LogP contribution in [-0.2, 0) is 13.0 Å². The van der Waals surface area contributed by atoms with E-state index < -0.39 is 0 Å². The number of benzene rings is 1. The van der Waals surface area contributed by atoms with E-state index in [1.54, 1.807) is 0 Å². The number of nitrogens with one attached hydrogen (secondary N) is 3. The van der Waals surface area contributed by atoms with Crippen molar-refractivity contribution in [3.8, 4) is 11.3 Å². The Morgan fingerprint density at radius 3 is 2.77 bits per heavy atom. The van der Waals surface area contributed by atoms with Crippen molar-refractivity contribution < 1.29 is 0 Å². The van der Waals surface area contributed by atoms with Gasteiger partial charge in [0.05, 0.1) is 11.9 Å². The molecule has 0 saturated carbocycles. The summed E-state index contributed by atoms with van der Waals surface area (Å²) in [6.07, 6.45) is 2.83. The molecule has 3 rings (SSSR count). The van der Waals surface area contributed by atoms with Crippen LogP contribution >= 0.6 is 0 Å². The number of H-pyrrole nitrogens is 2. The van der Waals surface area contributed by atoms with Gasteiger partial charge in [-0.15, -0.1) is 0 Å². The average Bonchev–Trinajstić information content (AvgIpc) is 3.11. The maximum Gasteiger partial charge on any atom is 0.151 e. The van der Waals surface area contributed by atoms with Gasteiger partial charge in [0.15, 0.2) is 5.82 Å². The van der Waals surface area contributed by atoms with Crippen molar-refractivity contribution in [1.29, 1.82) is 0 Å². The van der Waals surface area contributed by atoms with Gasteiger partial charge in [-0.05, 0) is 26.3 Å². The lowest BCUT2D eigenvalue weighted by atomic mass is 10.1. The fourth-order valence-electron chi connectivity index (χ4n) is 2.62. The molecule has 0 unspecified atom stereocenters. The van der Waals surface area contributed by atoms with Crippen LogP contribution in [0.2, 0.25) is 0 Å². The van der Waals surface area contributed by atoms with Crippen molar-refractivity contribution in [1.82, 2.24) is 20.4 Å². The van der Waals surface area contributed by atoms with Gasteiger partial charge in [-0.1, -0.05) is 30.7 Å². The van der Waals surface area contributed by atoms with Crippen LogP contribution in [0.25, 0.3) is 11.3 Å². The Bertz CT molecular complexity index is 769. The Morgan fingerprint density at radius 2 is 2.05 bits per heavy atom. The summed E-state index contributed by atoms with van der Waals surface area (Å²) in [5.74, 6) is 0.910. The molecule has 0 spiro atoms. The van der Waals surface area contributed by atoms with Crippen LogP contribution in [0.4, 0.5) is 5.82 Å². The van der Waals surface area contributed by atoms with Gasteiger partial charge in [0.1, 0.15) is 0 Å². The summed E-state index contributed by atoms with van der Waals surface area (Å²) in [5.41, 5.74) is 6.94. The van der Waals surface area contributed by atoms with Crippen LogP contribution in [0.5, 0.6) is 0 Å². The molecule has 2 aromatic heterocycles. The van der Waals surface area contributed by atoms with Gasteiger partial charge in [-0.2, -0.15) is 10.2 Å². The van der Waals surface area contributed by atoms with Crippen molar-refractivity contribution in [2.24, 2.45) is 0 Å². The van der Waals surface area contributed by atoms with E-state index >= 15 is 0 Å². The zero-order chi connectivity index (χ0) is 15.5. The molecule has 2 heterocycles. The van der Waals surface area contributed by atoms with Crippen molar-refractivity contribution in [3.63, 3.8) is 0 Å². The first-order chi connectivity index (χ1) is 10.7. The number of rotatable bonds is 5. The molecule has 5 heteroatoms. The zero-order valence-corrected chi connectivity index (χ0v) is 13.2. The summed E-state index contributed by atoms with van der Waals surface area (Å²) in [6, 6.07) is 8.41. The van der Waals surface area contributed by atoms with Gasteiger partial charge in [0.25, 0.3) is 0 Å². The first-order valence-corrected chi connectivity index (χ1v) is 7.56. The highest BCUT2D eigenvalue weighted by Gasteiger charge is 2.10. The van der Waals surface area contributed by atoms with E-state index in [1.807, 2.05) is 6.20 Å². The largest absolute Gasteiger partial charge is 0.364 e. The third-order valence-electron chi connectivity index (χ3n) is 3.93. The smallest absolute Gasteiger partial charge is 0.151 e. The van der Waals surface area contributed by atoms with Crippen LogP contribution in [0.15, 0.2) is 30.5 Å². The number of hydrogen-bond donors (Lipinski definition) is 3. The monoisotopic (exact) mass is 295 g/mol. The Kier molecular flexibility index (Phi) is 3.96. The number of aromatic nitrogens is 4. The van der Waals surface area contributed by atoms with E-state index in [0.717, 1.165) is 29.1 Å². The van der Waals surface area contributed by atoms with Crippen LogP contribution in [-0.4, -0.2) is 20.4 Å². The minimum atomic E-state index is 0.689. The second-order valence-corrected chi connectivity index (χ2v) is 5.52. The highest BCUT2D eigenvalue weighted by Crippen LogP contribution is 2.23. The number of anilines is 1. The lowest BCUT2D eigenvalue weighted by Crippen LogP contribution is -2.01. The lowest BCUT2D eigenvalue weighted by Gasteiger charge is -2.06. The predicted molar refractivity (Wildman–Crippen MR) is 88.8 cm³/mol. The Labute approximate surface area is 130 Å². The van der Waals surface area contributed by atoms with Gasteiger partial charge in [-0.25, -0.2) is 0 Å². The van der Waals surface area contributed by atoms with Crippen LogP contribution in [0.1, 0.15) is 29.3 Å². The molecule has 0 saturated heterocycles.